The Balaban J connectivity index is 1.52. The van der Waals surface area contributed by atoms with Crippen LogP contribution in [0, 0.1) is 12.8 Å². The van der Waals surface area contributed by atoms with Crippen LogP contribution < -0.4 is 10.6 Å². The molecular formula is C17H25N3O. The number of para-hydroxylation sites is 1. The molecule has 1 atom stereocenters. The van der Waals surface area contributed by atoms with Gasteiger partial charge in [-0.1, -0.05) is 18.2 Å². The highest BCUT2D eigenvalue weighted by molar-refractivity contribution is 5.77. The monoisotopic (exact) mass is 287 g/mol. The van der Waals surface area contributed by atoms with Crippen LogP contribution >= 0.6 is 0 Å². The van der Waals surface area contributed by atoms with Gasteiger partial charge in [-0.05, 0) is 37.3 Å². The van der Waals surface area contributed by atoms with E-state index in [1.54, 1.807) is 0 Å². The van der Waals surface area contributed by atoms with Crippen LogP contribution in [0.25, 0.3) is 0 Å². The van der Waals surface area contributed by atoms with Crippen LogP contribution in [0.5, 0.6) is 0 Å². The number of amides is 1. The molecule has 3 rings (SSSR count). The van der Waals surface area contributed by atoms with E-state index in [-0.39, 0.29) is 11.9 Å². The molecule has 1 saturated carbocycles. The molecule has 0 bridgehead atoms. The highest BCUT2D eigenvalue weighted by Gasteiger charge is 2.31. The zero-order valence-electron chi connectivity index (χ0n) is 12.8. The molecule has 1 amide bonds. The number of hydrogen-bond acceptors (Lipinski definition) is 3. The van der Waals surface area contributed by atoms with E-state index in [0.717, 1.165) is 26.2 Å². The number of benzene rings is 1. The molecule has 1 saturated heterocycles. The molecule has 1 aliphatic heterocycles. The molecule has 2 aliphatic rings. The highest BCUT2D eigenvalue weighted by Crippen LogP contribution is 2.33. The molecular weight excluding hydrogens is 262 g/mol. The van der Waals surface area contributed by atoms with Crippen LogP contribution in [0.3, 0.4) is 0 Å². The van der Waals surface area contributed by atoms with Gasteiger partial charge in [0.1, 0.15) is 0 Å². The van der Waals surface area contributed by atoms with Gasteiger partial charge >= 0.3 is 0 Å². The second-order valence-electron chi connectivity index (χ2n) is 6.36. The lowest BCUT2D eigenvalue weighted by Crippen LogP contribution is -2.50. The summed E-state index contributed by atoms with van der Waals surface area (Å²) in [5, 5.41) is 0. The molecule has 2 fully saturated rings. The van der Waals surface area contributed by atoms with Gasteiger partial charge in [-0.3, -0.25) is 4.79 Å². The predicted molar refractivity (Wildman–Crippen MR) is 85.3 cm³/mol. The third kappa shape index (κ3) is 3.38. The van der Waals surface area contributed by atoms with Gasteiger partial charge in [0.25, 0.3) is 0 Å². The lowest BCUT2D eigenvalue weighted by atomic mass is 10.1. The first kappa shape index (κ1) is 14.4. The van der Waals surface area contributed by atoms with Crippen molar-refractivity contribution in [3.8, 4) is 0 Å². The Labute approximate surface area is 126 Å². The molecule has 1 aliphatic carbocycles. The maximum atomic E-state index is 12.3. The van der Waals surface area contributed by atoms with Gasteiger partial charge in [0, 0.05) is 44.3 Å². The van der Waals surface area contributed by atoms with E-state index in [9.17, 15) is 4.79 Å². The van der Waals surface area contributed by atoms with Crippen LogP contribution in [-0.2, 0) is 4.79 Å². The Morgan fingerprint density at radius 1 is 1.24 bits per heavy atom. The lowest BCUT2D eigenvalue weighted by molar-refractivity contribution is -0.131. The standard InChI is InChI=1S/C17H25N3O/c1-13-4-2-3-5-16(13)19-8-10-20(11-9-19)17(21)12-15(18)14-6-7-14/h2-5,14-15H,6-12,18H2,1H3. The maximum absolute atomic E-state index is 12.3. The summed E-state index contributed by atoms with van der Waals surface area (Å²) in [6.45, 7) is 5.58. The molecule has 1 unspecified atom stereocenters. The average Bonchev–Trinajstić information content (AvgIpc) is 3.32. The van der Waals surface area contributed by atoms with Crippen molar-refractivity contribution in [1.29, 1.82) is 0 Å². The van der Waals surface area contributed by atoms with Crippen LogP contribution in [0.15, 0.2) is 24.3 Å². The molecule has 2 N–H and O–H groups in total. The van der Waals surface area contributed by atoms with Crippen LogP contribution in [-0.4, -0.2) is 43.0 Å². The second kappa shape index (κ2) is 6.06. The molecule has 0 radical (unpaired) electrons. The fourth-order valence-electron chi connectivity index (χ4n) is 3.14. The Hall–Kier alpha value is -1.55. The Morgan fingerprint density at radius 3 is 2.52 bits per heavy atom. The molecule has 1 heterocycles. The molecule has 1 aromatic rings. The first-order chi connectivity index (χ1) is 10.1. The predicted octanol–water partition coefficient (Wildman–Crippen LogP) is 1.77. The summed E-state index contributed by atoms with van der Waals surface area (Å²) in [6, 6.07) is 8.52. The number of piperazine rings is 1. The summed E-state index contributed by atoms with van der Waals surface area (Å²) in [7, 11) is 0. The molecule has 0 spiro atoms. The van der Waals surface area contributed by atoms with Crippen LogP contribution in [0.4, 0.5) is 5.69 Å². The van der Waals surface area contributed by atoms with E-state index in [0.29, 0.717) is 12.3 Å². The van der Waals surface area contributed by atoms with E-state index in [4.69, 9.17) is 5.73 Å². The van der Waals surface area contributed by atoms with Crippen molar-refractivity contribution in [2.24, 2.45) is 11.7 Å². The minimum atomic E-state index is 0.0758. The maximum Gasteiger partial charge on any atom is 0.224 e. The lowest BCUT2D eigenvalue weighted by Gasteiger charge is -2.37. The second-order valence-corrected chi connectivity index (χ2v) is 6.36. The van der Waals surface area contributed by atoms with Crippen molar-refractivity contribution in [1.82, 2.24) is 4.90 Å². The van der Waals surface area contributed by atoms with Crippen molar-refractivity contribution in [2.75, 3.05) is 31.1 Å². The third-order valence-corrected chi connectivity index (χ3v) is 4.73. The van der Waals surface area contributed by atoms with E-state index < -0.39 is 0 Å². The number of carbonyl (C=O) groups excluding carboxylic acids is 1. The van der Waals surface area contributed by atoms with Crippen molar-refractivity contribution in [3.63, 3.8) is 0 Å². The summed E-state index contributed by atoms with van der Waals surface area (Å²) < 4.78 is 0. The molecule has 114 valence electrons. The molecule has 4 nitrogen and oxygen atoms in total. The largest absolute Gasteiger partial charge is 0.368 e. The Bertz CT molecular complexity index is 505. The van der Waals surface area contributed by atoms with Crippen molar-refractivity contribution >= 4 is 11.6 Å². The third-order valence-electron chi connectivity index (χ3n) is 4.73. The normalized spacial score (nSPS) is 20.5. The fraction of sp³-hybridized carbons (Fsp3) is 0.588. The number of nitrogens with two attached hydrogens (primary N) is 1. The summed E-state index contributed by atoms with van der Waals surface area (Å²) in [6.07, 6.45) is 2.93. The number of aryl methyl sites for hydroxylation is 1. The van der Waals surface area contributed by atoms with E-state index >= 15 is 0 Å². The van der Waals surface area contributed by atoms with Crippen molar-refractivity contribution in [3.05, 3.63) is 29.8 Å². The highest BCUT2D eigenvalue weighted by atomic mass is 16.2. The van der Waals surface area contributed by atoms with Gasteiger partial charge in [0.2, 0.25) is 5.91 Å². The Morgan fingerprint density at radius 2 is 1.90 bits per heavy atom. The van der Waals surface area contributed by atoms with Gasteiger partial charge in [0.05, 0.1) is 0 Å². The molecule has 1 aromatic carbocycles. The number of anilines is 1. The van der Waals surface area contributed by atoms with Gasteiger partial charge < -0.3 is 15.5 Å². The quantitative estimate of drug-likeness (QED) is 0.918. The summed E-state index contributed by atoms with van der Waals surface area (Å²) in [5.74, 6) is 0.834. The van der Waals surface area contributed by atoms with E-state index in [2.05, 4.69) is 36.1 Å². The van der Waals surface area contributed by atoms with Gasteiger partial charge in [-0.15, -0.1) is 0 Å². The average molecular weight is 287 g/mol. The first-order valence-corrected chi connectivity index (χ1v) is 7.99. The summed E-state index contributed by atoms with van der Waals surface area (Å²) >= 11 is 0. The molecule has 21 heavy (non-hydrogen) atoms. The zero-order valence-corrected chi connectivity index (χ0v) is 12.8. The zero-order chi connectivity index (χ0) is 14.8. The minimum absolute atomic E-state index is 0.0758. The van der Waals surface area contributed by atoms with Gasteiger partial charge in [-0.2, -0.15) is 0 Å². The number of rotatable bonds is 4. The van der Waals surface area contributed by atoms with Crippen molar-refractivity contribution < 1.29 is 4.79 Å². The SMILES string of the molecule is Cc1ccccc1N1CCN(C(=O)CC(N)C2CC2)CC1. The van der Waals surface area contributed by atoms with Crippen molar-refractivity contribution in [2.45, 2.75) is 32.2 Å². The van der Waals surface area contributed by atoms with E-state index in [1.165, 1.54) is 24.1 Å². The topological polar surface area (TPSA) is 49.6 Å². The number of hydrogen-bond donors (Lipinski definition) is 1. The Kier molecular flexibility index (Phi) is 4.15. The van der Waals surface area contributed by atoms with Crippen LogP contribution in [0.2, 0.25) is 0 Å². The molecule has 0 aromatic heterocycles. The number of carbonyl (C=O) groups is 1. The fourth-order valence-corrected chi connectivity index (χ4v) is 3.14. The summed E-state index contributed by atoms with van der Waals surface area (Å²) in [4.78, 5) is 16.6. The van der Waals surface area contributed by atoms with Gasteiger partial charge in [0.15, 0.2) is 0 Å². The van der Waals surface area contributed by atoms with Crippen LogP contribution in [0.1, 0.15) is 24.8 Å². The molecule has 4 heteroatoms. The minimum Gasteiger partial charge on any atom is -0.368 e. The van der Waals surface area contributed by atoms with E-state index in [1.807, 2.05) is 4.90 Å². The van der Waals surface area contributed by atoms with Gasteiger partial charge in [-0.25, -0.2) is 0 Å². The smallest absolute Gasteiger partial charge is 0.224 e. The number of nitrogens with zero attached hydrogens (tertiary/aromatic N) is 2. The first-order valence-electron chi connectivity index (χ1n) is 7.99. The summed E-state index contributed by atoms with van der Waals surface area (Å²) in [5.41, 5.74) is 8.66.